The average Bonchev–Trinajstić information content (AvgIpc) is 2.10. The largest absolute Gasteiger partial charge is 0.481 e. The van der Waals surface area contributed by atoms with Crippen LogP contribution in [0.15, 0.2) is 12.2 Å². The molecule has 14 heavy (non-hydrogen) atoms. The Balaban J connectivity index is 0. The van der Waals surface area contributed by atoms with E-state index in [4.69, 9.17) is 9.90 Å². The monoisotopic (exact) mass is 200 g/mol. The molecule has 0 amide bonds. The number of carboxylic acid groups (broad SMARTS) is 1. The van der Waals surface area contributed by atoms with Crippen molar-refractivity contribution in [2.75, 3.05) is 0 Å². The minimum absolute atomic E-state index is 0.833. The van der Waals surface area contributed by atoms with Crippen molar-refractivity contribution in [1.29, 1.82) is 0 Å². The van der Waals surface area contributed by atoms with Gasteiger partial charge in [0.05, 0.1) is 0 Å². The highest BCUT2D eigenvalue weighted by molar-refractivity contribution is 5.62. The van der Waals surface area contributed by atoms with Crippen LogP contribution in [0.2, 0.25) is 0 Å². The Kier molecular flexibility index (Phi) is 16.5. The Labute approximate surface area is 88.0 Å². The van der Waals surface area contributed by atoms with Gasteiger partial charge in [-0.1, -0.05) is 45.3 Å². The van der Waals surface area contributed by atoms with E-state index in [1.165, 1.54) is 38.5 Å². The van der Waals surface area contributed by atoms with Crippen LogP contribution in [0.25, 0.3) is 0 Å². The van der Waals surface area contributed by atoms with E-state index in [0.717, 1.165) is 6.92 Å². The van der Waals surface area contributed by atoms with Gasteiger partial charge in [0, 0.05) is 6.92 Å². The quantitative estimate of drug-likeness (QED) is 0.519. The number of allylic oxidation sites excluding steroid dienone is 2. The smallest absolute Gasteiger partial charge is 0.300 e. The second-order valence-corrected chi connectivity index (χ2v) is 3.25. The van der Waals surface area contributed by atoms with Crippen molar-refractivity contribution in [3.63, 3.8) is 0 Å². The predicted molar refractivity (Wildman–Crippen MR) is 61.5 cm³/mol. The molecule has 0 aliphatic heterocycles. The number of aliphatic carboxylic acids is 1. The third-order valence-electron chi connectivity index (χ3n) is 1.63. The standard InChI is InChI=1S/C10H20.C2H4O2/c1-3-5-7-9-10-8-6-4-2;1-2(3)4/h5,7H,3-4,6,8-10H2,1-2H3;1H3,(H,3,4)/b7-5-;. The Morgan fingerprint density at radius 3 is 2.14 bits per heavy atom. The van der Waals surface area contributed by atoms with Crippen LogP contribution in [0, 0.1) is 0 Å². The molecule has 0 atom stereocenters. The summed E-state index contributed by atoms with van der Waals surface area (Å²) in [5.41, 5.74) is 0. The van der Waals surface area contributed by atoms with E-state index in [1.54, 1.807) is 0 Å². The maximum absolute atomic E-state index is 9.00. The summed E-state index contributed by atoms with van der Waals surface area (Å²) in [6.07, 6.45) is 12.6. The van der Waals surface area contributed by atoms with E-state index in [-0.39, 0.29) is 0 Å². The van der Waals surface area contributed by atoms with Crippen LogP contribution < -0.4 is 0 Å². The van der Waals surface area contributed by atoms with Gasteiger partial charge in [-0.25, -0.2) is 0 Å². The highest BCUT2D eigenvalue weighted by Crippen LogP contribution is 2.02. The fraction of sp³-hybridized carbons (Fsp3) is 0.750. The summed E-state index contributed by atoms with van der Waals surface area (Å²) < 4.78 is 0. The van der Waals surface area contributed by atoms with Crippen molar-refractivity contribution >= 4 is 5.97 Å². The van der Waals surface area contributed by atoms with E-state index in [1.807, 2.05) is 0 Å². The maximum atomic E-state index is 9.00. The molecule has 0 aromatic rings. The molecule has 0 aromatic heterocycles. The van der Waals surface area contributed by atoms with Gasteiger partial charge >= 0.3 is 0 Å². The molecule has 0 spiro atoms. The lowest BCUT2D eigenvalue weighted by Gasteiger charge is -1.92. The van der Waals surface area contributed by atoms with Gasteiger partial charge < -0.3 is 5.11 Å². The molecule has 2 nitrogen and oxygen atoms in total. The number of hydrogen-bond acceptors (Lipinski definition) is 1. The van der Waals surface area contributed by atoms with Crippen LogP contribution in [0.3, 0.4) is 0 Å². The molecule has 0 saturated heterocycles. The van der Waals surface area contributed by atoms with Gasteiger partial charge in [0.15, 0.2) is 0 Å². The van der Waals surface area contributed by atoms with Crippen LogP contribution in [-0.4, -0.2) is 11.1 Å². The molecule has 0 aliphatic rings. The maximum Gasteiger partial charge on any atom is 0.300 e. The lowest BCUT2D eigenvalue weighted by atomic mass is 10.1. The molecule has 0 fully saturated rings. The molecule has 84 valence electrons. The number of rotatable bonds is 6. The van der Waals surface area contributed by atoms with E-state index in [9.17, 15) is 0 Å². The molecule has 0 unspecified atom stereocenters. The first kappa shape index (κ1) is 15.7. The summed E-state index contributed by atoms with van der Waals surface area (Å²) in [7, 11) is 0. The zero-order chi connectivity index (χ0) is 11.2. The minimum Gasteiger partial charge on any atom is -0.481 e. The summed E-state index contributed by atoms with van der Waals surface area (Å²) in [4.78, 5) is 9.00. The van der Waals surface area contributed by atoms with Crippen LogP contribution in [-0.2, 0) is 4.79 Å². The SMILES string of the molecule is CC(=O)O.CC/C=C\CCCCCC. The van der Waals surface area contributed by atoms with E-state index in [0.29, 0.717) is 0 Å². The summed E-state index contributed by atoms with van der Waals surface area (Å²) >= 11 is 0. The minimum atomic E-state index is -0.833. The van der Waals surface area contributed by atoms with E-state index >= 15 is 0 Å². The molecule has 1 N–H and O–H groups in total. The Hall–Kier alpha value is -0.790. The molecular formula is C12H24O2. The summed E-state index contributed by atoms with van der Waals surface area (Å²) in [6.45, 7) is 5.52. The number of unbranched alkanes of at least 4 members (excludes halogenated alkanes) is 4. The molecule has 0 heterocycles. The third kappa shape index (κ3) is 30.3. The van der Waals surface area contributed by atoms with Gasteiger partial charge in [-0.2, -0.15) is 0 Å². The Morgan fingerprint density at radius 1 is 1.14 bits per heavy atom. The van der Waals surface area contributed by atoms with E-state index < -0.39 is 5.97 Å². The Bertz CT molecular complexity index is 135. The van der Waals surface area contributed by atoms with Crippen molar-refractivity contribution in [2.45, 2.75) is 59.3 Å². The number of carboxylic acids is 1. The van der Waals surface area contributed by atoms with Gasteiger partial charge in [-0.3, -0.25) is 4.79 Å². The zero-order valence-electron chi connectivity index (χ0n) is 9.75. The summed E-state index contributed by atoms with van der Waals surface area (Å²) in [5.74, 6) is -0.833. The van der Waals surface area contributed by atoms with Gasteiger partial charge in [0.1, 0.15) is 0 Å². The molecule has 0 aliphatic carbocycles. The number of carbonyl (C=O) groups is 1. The van der Waals surface area contributed by atoms with Crippen LogP contribution in [0.1, 0.15) is 59.3 Å². The lowest BCUT2D eigenvalue weighted by molar-refractivity contribution is -0.134. The highest BCUT2D eigenvalue weighted by atomic mass is 16.4. The zero-order valence-corrected chi connectivity index (χ0v) is 9.75. The predicted octanol–water partition coefficient (Wildman–Crippen LogP) is 4.01. The van der Waals surface area contributed by atoms with E-state index in [2.05, 4.69) is 26.0 Å². The second-order valence-electron chi connectivity index (χ2n) is 3.25. The topological polar surface area (TPSA) is 37.3 Å². The summed E-state index contributed by atoms with van der Waals surface area (Å²) in [6, 6.07) is 0. The van der Waals surface area contributed by atoms with Crippen LogP contribution >= 0.6 is 0 Å². The first-order valence-corrected chi connectivity index (χ1v) is 5.49. The van der Waals surface area contributed by atoms with Gasteiger partial charge in [-0.15, -0.1) is 0 Å². The number of hydrogen-bond donors (Lipinski definition) is 1. The highest BCUT2D eigenvalue weighted by Gasteiger charge is 1.82. The molecular weight excluding hydrogens is 176 g/mol. The third-order valence-corrected chi connectivity index (χ3v) is 1.63. The van der Waals surface area contributed by atoms with Gasteiger partial charge in [0.2, 0.25) is 0 Å². The average molecular weight is 200 g/mol. The van der Waals surface area contributed by atoms with Crippen LogP contribution in [0.5, 0.6) is 0 Å². The van der Waals surface area contributed by atoms with Gasteiger partial charge in [-0.05, 0) is 19.3 Å². The van der Waals surface area contributed by atoms with Crippen molar-refractivity contribution in [3.8, 4) is 0 Å². The van der Waals surface area contributed by atoms with Crippen molar-refractivity contribution < 1.29 is 9.90 Å². The fourth-order valence-corrected chi connectivity index (χ4v) is 0.973. The molecule has 0 radical (unpaired) electrons. The lowest BCUT2D eigenvalue weighted by Crippen LogP contribution is -1.78. The normalized spacial score (nSPS) is 9.64. The fourth-order valence-electron chi connectivity index (χ4n) is 0.973. The first-order valence-electron chi connectivity index (χ1n) is 5.49. The van der Waals surface area contributed by atoms with Crippen molar-refractivity contribution in [1.82, 2.24) is 0 Å². The molecule has 0 saturated carbocycles. The first-order chi connectivity index (χ1) is 6.65. The van der Waals surface area contributed by atoms with Crippen LogP contribution in [0.4, 0.5) is 0 Å². The van der Waals surface area contributed by atoms with Crippen molar-refractivity contribution in [2.24, 2.45) is 0 Å². The Morgan fingerprint density at radius 2 is 1.71 bits per heavy atom. The second kappa shape index (κ2) is 14.7. The molecule has 0 bridgehead atoms. The van der Waals surface area contributed by atoms with Crippen molar-refractivity contribution in [3.05, 3.63) is 12.2 Å². The molecule has 0 rings (SSSR count). The van der Waals surface area contributed by atoms with Gasteiger partial charge in [0.25, 0.3) is 5.97 Å². The summed E-state index contributed by atoms with van der Waals surface area (Å²) in [5, 5.41) is 7.42. The molecule has 2 heteroatoms. The molecule has 0 aromatic carbocycles.